The van der Waals surface area contributed by atoms with Crippen LogP contribution in [0.3, 0.4) is 0 Å². The Hall–Kier alpha value is -2.76. The first kappa shape index (κ1) is 21.9. The van der Waals surface area contributed by atoms with Crippen LogP contribution in [0.2, 0.25) is 5.02 Å². The quantitative estimate of drug-likeness (QED) is 0.425. The molecule has 4 nitrogen and oxygen atoms in total. The van der Waals surface area contributed by atoms with E-state index in [-0.39, 0.29) is 0 Å². The average Bonchev–Trinajstić information content (AvgIpc) is 2.78. The highest BCUT2D eigenvalue weighted by Gasteiger charge is 2.15. The van der Waals surface area contributed by atoms with Crippen LogP contribution in [0, 0.1) is 0 Å². The van der Waals surface area contributed by atoms with Crippen molar-refractivity contribution in [2.75, 3.05) is 13.7 Å². The molecule has 0 fully saturated rings. The van der Waals surface area contributed by atoms with E-state index >= 15 is 0 Å². The van der Waals surface area contributed by atoms with Crippen molar-refractivity contribution in [3.05, 3.63) is 88.4 Å². The highest BCUT2D eigenvalue weighted by atomic mass is 35.5. The van der Waals surface area contributed by atoms with Crippen molar-refractivity contribution in [2.45, 2.75) is 20.1 Å². The first-order chi connectivity index (χ1) is 14.6. The molecule has 3 aromatic rings. The largest absolute Gasteiger partial charge is 0.497 e. The molecule has 0 bridgehead atoms. The Kier molecular flexibility index (Phi) is 7.94. The van der Waals surface area contributed by atoms with E-state index in [2.05, 4.69) is 5.32 Å². The summed E-state index contributed by atoms with van der Waals surface area (Å²) in [6.45, 7) is 3.41. The standard InChI is InChI=1S/C24H24ClNO3S/c1-3-28-22-14-19(24(30)26-15-17-9-11-20(27-2)12-10-17)13-21(25)23(22)29-16-18-7-5-4-6-8-18/h4-14H,3,15-16H2,1-2H3,(H,26,30). The molecular formula is C24H24ClNO3S. The van der Waals surface area contributed by atoms with Crippen molar-refractivity contribution >= 4 is 28.8 Å². The molecule has 0 atom stereocenters. The summed E-state index contributed by atoms with van der Waals surface area (Å²) in [4.78, 5) is 0.586. The van der Waals surface area contributed by atoms with Gasteiger partial charge in [-0.05, 0) is 42.3 Å². The molecule has 0 amide bonds. The summed E-state index contributed by atoms with van der Waals surface area (Å²) < 4.78 is 16.9. The van der Waals surface area contributed by atoms with E-state index in [1.807, 2.05) is 67.6 Å². The number of methoxy groups -OCH3 is 1. The Morgan fingerprint density at radius 2 is 1.70 bits per heavy atom. The molecule has 6 heteroatoms. The SMILES string of the molecule is CCOc1cc(C(=S)NCc2ccc(OC)cc2)cc(Cl)c1OCc1ccccc1. The van der Waals surface area contributed by atoms with Crippen molar-refractivity contribution < 1.29 is 14.2 Å². The van der Waals surface area contributed by atoms with Crippen LogP contribution in [0.25, 0.3) is 0 Å². The lowest BCUT2D eigenvalue weighted by molar-refractivity contribution is 0.269. The fraction of sp³-hybridized carbons (Fsp3) is 0.208. The minimum absolute atomic E-state index is 0.403. The smallest absolute Gasteiger partial charge is 0.180 e. The van der Waals surface area contributed by atoms with Crippen LogP contribution in [0.4, 0.5) is 0 Å². The Labute approximate surface area is 187 Å². The van der Waals surface area contributed by atoms with E-state index in [0.29, 0.717) is 41.3 Å². The first-order valence-corrected chi connectivity index (χ1v) is 10.4. The van der Waals surface area contributed by atoms with Gasteiger partial charge in [-0.3, -0.25) is 0 Å². The number of ether oxygens (including phenoxy) is 3. The van der Waals surface area contributed by atoms with E-state index in [1.54, 1.807) is 13.2 Å². The Morgan fingerprint density at radius 1 is 0.967 bits per heavy atom. The minimum atomic E-state index is 0.403. The maximum Gasteiger partial charge on any atom is 0.180 e. The number of nitrogens with one attached hydrogen (secondary N) is 1. The van der Waals surface area contributed by atoms with Gasteiger partial charge in [0.1, 0.15) is 17.3 Å². The second kappa shape index (κ2) is 10.9. The number of hydrogen-bond acceptors (Lipinski definition) is 4. The Morgan fingerprint density at radius 3 is 2.37 bits per heavy atom. The van der Waals surface area contributed by atoms with Gasteiger partial charge in [-0.2, -0.15) is 0 Å². The van der Waals surface area contributed by atoms with Gasteiger partial charge in [-0.15, -0.1) is 0 Å². The molecule has 3 aromatic carbocycles. The molecule has 0 saturated heterocycles. The summed E-state index contributed by atoms with van der Waals surface area (Å²) in [5.74, 6) is 1.91. The Bertz CT molecular complexity index is 978. The lowest BCUT2D eigenvalue weighted by atomic mass is 10.1. The van der Waals surface area contributed by atoms with Crippen LogP contribution in [0.5, 0.6) is 17.2 Å². The molecule has 0 heterocycles. The summed E-state index contributed by atoms with van der Waals surface area (Å²) in [7, 11) is 1.65. The van der Waals surface area contributed by atoms with Crippen molar-refractivity contribution in [3.8, 4) is 17.2 Å². The molecular weight excluding hydrogens is 418 g/mol. The van der Waals surface area contributed by atoms with Gasteiger partial charge in [0.15, 0.2) is 11.5 Å². The van der Waals surface area contributed by atoms with Crippen LogP contribution in [-0.2, 0) is 13.2 Å². The molecule has 156 valence electrons. The van der Waals surface area contributed by atoms with Gasteiger partial charge in [0, 0.05) is 12.1 Å². The second-order valence-electron chi connectivity index (χ2n) is 6.52. The Balaban J connectivity index is 1.71. The monoisotopic (exact) mass is 441 g/mol. The van der Waals surface area contributed by atoms with Crippen molar-refractivity contribution in [1.29, 1.82) is 0 Å². The zero-order valence-corrected chi connectivity index (χ0v) is 18.6. The van der Waals surface area contributed by atoms with E-state index in [4.69, 9.17) is 38.0 Å². The van der Waals surface area contributed by atoms with E-state index in [1.165, 1.54) is 0 Å². The zero-order valence-electron chi connectivity index (χ0n) is 17.0. The van der Waals surface area contributed by atoms with Crippen molar-refractivity contribution in [1.82, 2.24) is 5.32 Å². The molecule has 0 aliphatic carbocycles. The number of hydrogen-bond donors (Lipinski definition) is 1. The predicted octanol–water partition coefficient (Wildman–Crippen LogP) is 5.79. The van der Waals surface area contributed by atoms with Crippen molar-refractivity contribution in [2.24, 2.45) is 0 Å². The molecule has 0 unspecified atom stereocenters. The van der Waals surface area contributed by atoms with E-state index in [0.717, 1.165) is 22.4 Å². The fourth-order valence-corrected chi connectivity index (χ4v) is 3.31. The molecule has 0 aliphatic heterocycles. The van der Waals surface area contributed by atoms with Gasteiger partial charge in [-0.25, -0.2) is 0 Å². The molecule has 0 radical (unpaired) electrons. The summed E-state index contributed by atoms with van der Waals surface area (Å²) in [6.07, 6.45) is 0. The number of thiocarbonyl (C=S) groups is 1. The van der Waals surface area contributed by atoms with Crippen LogP contribution in [-0.4, -0.2) is 18.7 Å². The van der Waals surface area contributed by atoms with Gasteiger partial charge < -0.3 is 19.5 Å². The fourth-order valence-electron chi connectivity index (χ4n) is 2.86. The highest BCUT2D eigenvalue weighted by Crippen LogP contribution is 2.37. The lowest BCUT2D eigenvalue weighted by Crippen LogP contribution is -2.21. The maximum absolute atomic E-state index is 6.52. The van der Waals surface area contributed by atoms with E-state index in [9.17, 15) is 0 Å². The third-order valence-electron chi connectivity index (χ3n) is 4.41. The number of benzene rings is 3. The normalized spacial score (nSPS) is 10.4. The topological polar surface area (TPSA) is 39.7 Å². The van der Waals surface area contributed by atoms with Gasteiger partial charge in [0.25, 0.3) is 0 Å². The number of halogens is 1. The van der Waals surface area contributed by atoms with Crippen LogP contribution >= 0.6 is 23.8 Å². The second-order valence-corrected chi connectivity index (χ2v) is 7.34. The zero-order chi connectivity index (χ0) is 21.3. The van der Waals surface area contributed by atoms with Gasteiger partial charge >= 0.3 is 0 Å². The average molecular weight is 442 g/mol. The highest BCUT2D eigenvalue weighted by molar-refractivity contribution is 7.80. The minimum Gasteiger partial charge on any atom is -0.497 e. The maximum atomic E-state index is 6.52. The van der Waals surface area contributed by atoms with Gasteiger partial charge in [0.05, 0.1) is 18.7 Å². The van der Waals surface area contributed by atoms with Crippen LogP contribution in [0.15, 0.2) is 66.7 Å². The van der Waals surface area contributed by atoms with Gasteiger partial charge in [0.2, 0.25) is 0 Å². The predicted molar refractivity (Wildman–Crippen MR) is 125 cm³/mol. The van der Waals surface area contributed by atoms with Crippen LogP contribution < -0.4 is 19.5 Å². The molecule has 30 heavy (non-hydrogen) atoms. The van der Waals surface area contributed by atoms with Crippen molar-refractivity contribution in [3.63, 3.8) is 0 Å². The molecule has 1 N–H and O–H groups in total. The first-order valence-electron chi connectivity index (χ1n) is 9.65. The van der Waals surface area contributed by atoms with Gasteiger partial charge in [-0.1, -0.05) is 66.3 Å². The summed E-state index contributed by atoms with van der Waals surface area (Å²) in [5, 5.41) is 3.72. The summed E-state index contributed by atoms with van der Waals surface area (Å²) in [5.41, 5.74) is 2.92. The number of rotatable bonds is 9. The van der Waals surface area contributed by atoms with Crippen LogP contribution in [0.1, 0.15) is 23.6 Å². The molecule has 0 aliphatic rings. The third kappa shape index (κ3) is 5.88. The molecule has 0 saturated carbocycles. The molecule has 3 rings (SSSR count). The summed E-state index contributed by atoms with van der Waals surface area (Å²) in [6, 6.07) is 21.4. The third-order valence-corrected chi connectivity index (χ3v) is 5.07. The van der Waals surface area contributed by atoms with E-state index < -0.39 is 0 Å². The molecule has 0 spiro atoms. The summed E-state index contributed by atoms with van der Waals surface area (Å²) >= 11 is 12.1. The lowest BCUT2D eigenvalue weighted by Gasteiger charge is -2.16. The molecule has 0 aromatic heterocycles.